The number of nitrogens with one attached hydrogen (secondary N) is 1. The molecule has 114 valence electrons. The Kier molecular flexibility index (Phi) is 4.44. The molecule has 20 heavy (non-hydrogen) atoms. The van der Waals surface area contributed by atoms with Gasteiger partial charge in [0, 0.05) is 18.6 Å². The van der Waals surface area contributed by atoms with Crippen LogP contribution in [0.2, 0.25) is 0 Å². The second-order valence-corrected chi connectivity index (χ2v) is 7.15. The molecule has 2 atom stereocenters. The van der Waals surface area contributed by atoms with Gasteiger partial charge < -0.3 is 9.84 Å². The molecule has 2 fully saturated rings. The molecule has 0 aromatic carbocycles. The number of nitrogens with zero attached hydrogens (tertiary/aromatic N) is 2. The Morgan fingerprint density at radius 2 is 1.95 bits per heavy atom. The van der Waals surface area contributed by atoms with Crippen LogP contribution in [0.15, 0.2) is 9.42 Å². The molecule has 2 aliphatic rings. The summed E-state index contributed by atoms with van der Waals surface area (Å²) in [5.41, 5.74) is 0.453. The van der Waals surface area contributed by atoms with Crippen LogP contribution in [0.3, 0.4) is 0 Å². The van der Waals surface area contributed by atoms with E-state index >= 15 is 0 Å². The van der Waals surface area contributed by atoms with Crippen LogP contribution in [0.1, 0.15) is 30.7 Å². The van der Waals surface area contributed by atoms with Gasteiger partial charge in [0.2, 0.25) is 10.0 Å². The van der Waals surface area contributed by atoms with Gasteiger partial charge in [0.1, 0.15) is 10.6 Å². The fourth-order valence-electron chi connectivity index (χ4n) is 3.28. The Labute approximate surface area is 125 Å². The van der Waals surface area contributed by atoms with E-state index in [-0.39, 0.29) is 29.4 Å². The van der Waals surface area contributed by atoms with E-state index in [2.05, 4.69) is 10.5 Å². The van der Waals surface area contributed by atoms with E-state index in [0.717, 1.165) is 32.4 Å². The molecule has 0 radical (unpaired) electrons. The lowest BCUT2D eigenvalue weighted by atomic mass is 10.1. The predicted molar refractivity (Wildman–Crippen MR) is 76.5 cm³/mol. The van der Waals surface area contributed by atoms with E-state index in [9.17, 15) is 8.42 Å². The van der Waals surface area contributed by atoms with Gasteiger partial charge in [-0.1, -0.05) is 5.16 Å². The summed E-state index contributed by atoms with van der Waals surface area (Å²) >= 11 is 0. The first-order valence-corrected chi connectivity index (χ1v) is 8.13. The lowest BCUT2D eigenvalue weighted by Gasteiger charge is -2.26. The van der Waals surface area contributed by atoms with Gasteiger partial charge in [0.25, 0.3) is 0 Å². The van der Waals surface area contributed by atoms with Crippen LogP contribution in [0.4, 0.5) is 0 Å². The van der Waals surface area contributed by atoms with Gasteiger partial charge >= 0.3 is 0 Å². The molecule has 2 unspecified atom stereocenters. The van der Waals surface area contributed by atoms with Crippen molar-refractivity contribution in [3.8, 4) is 0 Å². The van der Waals surface area contributed by atoms with E-state index in [0.29, 0.717) is 11.5 Å². The Balaban J connectivity index is 0.00000147. The lowest BCUT2D eigenvalue weighted by molar-refractivity contribution is 0.333. The summed E-state index contributed by atoms with van der Waals surface area (Å²) in [5.74, 6) is 0.383. The first-order valence-electron chi connectivity index (χ1n) is 6.69. The van der Waals surface area contributed by atoms with E-state index < -0.39 is 10.0 Å². The van der Waals surface area contributed by atoms with Crippen LogP contribution in [-0.4, -0.2) is 43.1 Å². The van der Waals surface area contributed by atoms with E-state index in [1.807, 2.05) is 0 Å². The fourth-order valence-corrected chi connectivity index (χ4v) is 5.48. The Bertz CT molecular complexity index is 553. The monoisotopic (exact) mass is 321 g/mol. The highest BCUT2D eigenvalue weighted by Crippen LogP contribution is 2.35. The van der Waals surface area contributed by atoms with Gasteiger partial charge in [-0.25, -0.2) is 8.42 Å². The molecule has 2 saturated heterocycles. The quantitative estimate of drug-likeness (QED) is 0.886. The Morgan fingerprint density at radius 3 is 2.60 bits per heavy atom. The summed E-state index contributed by atoms with van der Waals surface area (Å²) in [4.78, 5) is 0.256. The molecule has 1 aromatic rings. The van der Waals surface area contributed by atoms with Gasteiger partial charge in [-0.15, -0.1) is 12.4 Å². The molecule has 3 rings (SSSR count). The number of rotatable bonds is 2. The molecule has 8 heteroatoms. The summed E-state index contributed by atoms with van der Waals surface area (Å²) in [5, 5.41) is 7.08. The van der Waals surface area contributed by atoms with Crippen LogP contribution < -0.4 is 5.32 Å². The van der Waals surface area contributed by atoms with Crippen LogP contribution in [0.25, 0.3) is 0 Å². The zero-order chi connectivity index (χ0) is 13.6. The van der Waals surface area contributed by atoms with Crippen molar-refractivity contribution in [1.82, 2.24) is 14.8 Å². The number of sulfonamides is 1. The smallest absolute Gasteiger partial charge is 0.249 e. The summed E-state index contributed by atoms with van der Waals surface area (Å²) in [7, 11) is -3.50. The van der Waals surface area contributed by atoms with Crippen molar-refractivity contribution in [2.24, 2.45) is 0 Å². The largest absolute Gasteiger partial charge is 0.360 e. The lowest BCUT2D eigenvalue weighted by Crippen LogP contribution is -2.42. The zero-order valence-electron chi connectivity index (χ0n) is 11.6. The van der Waals surface area contributed by atoms with Crippen LogP contribution in [0, 0.1) is 13.8 Å². The SMILES string of the molecule is Cc1noc(C)c1S(=O)(=O)N1C2CCNCC1CC2.Cl. The average Bonchev–Trinajstić information content (AvgIpc) is 2.78. The molecule has 1 N–H and O–H groups in total. The third-order valence-corrected chi connectivity index (χ3v) is 6.34. The summed E-state index contributed by atoms with van der Waals surface area (Å²) in [6.07, 6.45) is 2.76. The first-order chi connectivity index (χ1) is 9.01. The minimum absolute atomic E-state index is 0. The number of aryl methyl sites for hydroxylation is 2. The van der Waals surface area contributed by atoms with Gasteiger partial charge in [-0.05, 0) is 39.7 Å². The van der Waals surface area contributed by atoms with Gasteiger partial charge in [-0.3, -0.25) is 0 Å². The third kappa shape index (κ3) is 2.36. The Morgan fingerprint density at radius 1 is 1.25 bits per heavy atom. The molecular weight excluding hydrogens is 302 g/mol. The molecule has 0 spiro atoms. The topological polar surface area (TPSA) is 75.4 Å². The van der Waals surface area contributed by atoms with Gasteiger partial charge in [0.05, 0.1) is 0 Å². The number of hydrogen-bond donors (Lipinski definition) is 1. The zero-order valence-corrected chi connectivity index (χ0v) is 13.3. The van der Waals surface area contributed by atoms with E-state index in [4.69, 9.17) is 4.52 Å². The molecule has 0 saturated carbocycles. The highest BCUT2D eigenvalue weighted by atomic mass is 35.5. The molecule has 0 amide bonds. The minimum Gasteiger partial charge on any atom is -0.360 e. The van der Waals surface area contributed by atoms with Crippen LogP contribution >= 0.6 is 12.4 Å². The fraction of sp³-hybridized carbons (Fsp3) is 0.750. The normalized spacial score (nSPS) is 27.1. The third-order valence-electron chi connectivity index (χ3n) is 4.09. The van der Waals surface area contributed by atoms with Crippen LogP contribution in [0.5, 0.6) is 0 Å². The number of hydrogen-bond acceptors (Lipinski definition) is 5. The van der Waals surface area contributed by atoms with Crippen molar-refractivity contribution < 1.29 is 12.9 Å². The summed E-state index contributed by atoms with van der Waals surface area (Å²) in [6.45, 7) is 4.96. The van der Waals surface area contributed by atoms with E-state index in [1.165, 1.54) is 0 Å². The van der Waals surface area contributed by atoms with E-state index in [1.54, 1.807) is 18.2 Å². The highest BCUT2D eigenvalue weighted by molar-refractivity contribution is 7.89. The number of halogens is 1. The van der Waals surface area contributed by atoms with Crippen molar-refractivity contribution in [1.29, 1.82) is 0 Å². The Hall–Kier alpha value is -0.630. The second-order valence-electron chi connectivity index (χ2n) is 5.37. The van der Waals surface area contributed by atoms with Crippen molar-refractivity contribution in [3.05, 3.63) is 11.5 Å². The maximum absolute atomic E-state index is 12.9. The number of fused-ring (bicyclic) bond motifs is 2. The molecule has 1 aromatic heterocycles. The molecule has 6 nitrogen and oxygen atoms in total. The average molecular weight is 322 g/mol. The standard InChI is InChI=1S/C12H19N3O3S.ClH/c1-8-12(9(2)18-14-8)19(16,17)15-10-3-4-11(15)7-13-6-5-10;/h10-11,13H,3-7H2,1-2H3;1H. The molecule has 2 bridgehead atoms. The van der Waals surface area contributed by atoms with Crippen molar-refractivity contribution in [2.75, 3.05) is 13.1 Å². The van der Waals surface area contributed by atoms with Crippen molar-refractivity contribution in [2.45, 2.75) is 50.1 Å². The summed E-state index contributed by atoms with van der Waals surface area (Å²) < 4.78 is 32.5. The highest BCUT2D eigenvalue weighted by Gasteiger charge is 2.44. The molecule has 2 aliphatic heterocycles. The maximum Gasteiger partial charge on any atom is 0.249 e. The van der Waals surface area contributed by atoms with Crippen molar-refractivity contribution >= 4 is 22.4 Å². The minimum atomic E-state index is -3.50. The first kappa shape index (κ1) is 15.8. The van der Waals surface area contributed by atoms with Gasteiger partial charge in [0.15, 0.2) is 5.76 Å². The molecular formula is C12H20ClN3O3S. The molecule has 0 aliphatic carbocycles. The maximum atomic E-state index is 12.9. The van der Waals surface area contributed by atoms with Crippen LogP contribution in [-0.2, 0) is 10.0 Å². The predicted octanol–water partition coefficient (Wildman–Crippen LogP) is 1.23. The number of aromatic nitrogens is 1. The summed E-state index contributed by atoms with van der Waals surface area (Å²) in [6, 6.07) is 0.171. The molecule has 3 heterocycles. The second kappa shape index (κ2) is 5.63. The van der Waals surface area contributed by atoms with Crippen molar-refractivity contribution in [3.63, 3.8) is 0 Å². The van der Waals surface area contributed by atoms with Gasteiger partial charge in [-0.2, -0.15) is 4.31 Å².